The Balaban J connectivity index is 2.36. The minimum atomic E-state index is -0.0591. The molecule has 0 heterocycles. The summed E-state index contributed by atoms with van der Waals surface area (Å²) in [4.78, 5) is 0. The topological polar surface area (TPSA) is 52.0 Å². The maximum absolute atomic E-state index is 7.23. The molecule has 0 spiro atoms. The fraction of sp³-hybridized carbons (Fsp3) is 1.00. The molecule has 2 unspecified atom stereocenters. The second-order valence-electron chi connectivity index (χ2n) is 8.88. The number of rotatable bonds is 6. The van der Waals surface area contributed by atoms with Gasteiger partial charge in [-0.1, -0.05) is 53.4 Å². The molecule has 2 saturated carbocycles. The molecule has 0 bridgehead atoms. The summed E-state index contributed by atoms with van der Waals surface area (Å²) in [7, 11) is 0. The van der Waals surface area contributed by atoms with E-state index in [1.807, 2.05) is 0 Å². The van der Waals surface area contributed by atoms with Gasteiger partial charge in [-0.25, -0.2) is 0 Å². The molecule has 2 rings (SSSR count). The Bertz CT molecular complexity index is 347. The van der Waals surface area contributed by atoms with E-state index >= 15 is 0 Å². The van der Waals surface area contributed by atoms with Crippen LogP contribution in [0.15, 0.2) is 0 Å². The molecule has 0 aromatic heterocycles. The molecule has 0 saturated heterocycles. The van der Waals surface area contributed by atoms with E-state index in [-0.39, 0.29) is 11.1 Å². The predicted octanol–water partition coefficient (Wildman–Crippen LogP) is 5.53. The van der Waals surface area contributed by atoms with Crippen molar-refractivity contribution in [1.29, 1.82) is 0 Å². The van der Waals surface area contributed by atoms with Gasteiger partial charge in [0, 0.05) is 11.1 Å². The van der Waals surface area contributed by atoms with Gasteiger partial charge in [0.25, 0.3) is 0 Å². The zero-order valence-corrected chi connectivity index (χ0v) is 16.3. The first-order valence-corrected chi connectivity index (χ1v) is 10.4. The Morgan fingerprint density at radius 2 is 0.870 bits per heavy atom. The van der Waals surface area contributed by atoms with Crippen LogP contribution in [-0.2, 0) is 0 Å². The lowest BCUT2D eigenvalue weighted by atomic mass is 9.49. The molecule has 0 radical (unpaired) electrons. The van der Waals surface area contributed by atoms with Crippen LogP contribution in [-0.4, -0.2) is 11.1 Å². The minimum Gasteiger partial charge on any atom is -0.325 e. The summed E-state index contributed by atoms with van der Waals surface area (Å²) in [5.74, 6) is 0. The van der Waals surface area contributed by atoms with Crippen LogP contribution in [0.3, 0.4) is 0 Å². The molecule has 2 aliphatic rings. The molecule has 0 aromatic rings. The Labute approximate surface area is 145 Å². The van der Waals surface area contributed by atoms with Crippen LogP contribution in [0.1, 0.15) is 111 Å². The van der Waals surface area contributed by atoms with Crippen LogP contribution in [0.4, 0.5) is 0 Å². The quantitative estimate of drug-likeness (QED) is 0.675. The van der Waals surface area contributed by atoms with Crippen LogP contribution >= 0.6 is 0 Å². The average molecular weight is 323 g/mol. The summed E-state index contributed by atoms with van der Waals surface area (Å²) in [6.45, 7) is 9.42. The van der Waals surface area contributed by atoms with E-state index in [2.05, 4.69) is 27.7 Å². The van der Waals surface area contributed by atoms with Crippen molar-refractivity contribution in [3.63, 3.8) is 0 Å². The number of hydrogen-bond donors (Lipinski definition) is 2. The smallest absolute Gasteiger partial charge is 0.0228 e. The van der Waals surface area contributed by atoms with Gasteiger partial charge in [0.15, 0.2) is 0 Å². The lowest BCUT2D eigenvalue weighted by molar-refractivity contribution is -0.0286. The highest BCUT2D eigenvalue weighted by molar-refractivity contribution is 5.13. The van der Waals surface area contributed by atoms with Gasteiger partial charge in [-0.3, -0.25) is 0 Å². The Morgan fingerprint density at radius 1 is 0.565 bits per heavy atom. The van der Waals surface area contributed by atoms with Gasteiger partial charge in [-0.05, 0) is 68.6 Å². The van der Waals surface area contributed by atoms with Crippen LogP contribution in [0.25, 0.3) is 0 Å². The molecule has 23 heavy (non-hydrogen) atoms. The van der Waals surface area contributed by atoms with Crippen molar-refractivity contribution < 1.29 is 0 Å². The maximum Gasteiger partial charge on any atom is 0.0228 e. The molecule has 136 valence electrons. The molecule has 4 N–H and O–H groups in total. The highest BCUT2D eigenvalue weighted by atomic mass is 14.9. The summed E-state index contributed by atoms with van der Waals surface area (Å²) in [6, 6.07) is 0. The molecule has 2 nitrogen and oxygen atoms in total. The van der Waals surface area contributed by atoms with E-state index < -0.39 is 0 Å². The molecular weight excluding hydrogens is 280 g/mol. The molecule has 2 heteroatoms. The zero-order chi connectivity index (χ0) is 17.2. The minimum absolute atomic E-state index is 0.0591. The predicted molar refractivity (Wildman–Crippen MR) is 101 cm³/mol. The molecule has 2 atom stereocenters. The normalized spacial score (nSPS) is 36.8. The zero-order valence-electron chi connectivity index (χ0n) is 16.3. The third-order valence-corrected chi connectivity index (χ3v) is 8.51. The first-order chi connectivity index (χ1) is 10.9. The SMILES string of the molecule is CCC1(CC)CCCCC1(N)CC1(N)CCCCC1(CC)CC. The maximum atomic E-state index is 7.23. The van der Waals surface area contributed by atoms with E-state index in [9.17, 15) is 0 Å². The van der Waals surface area contributed by atoms with Crippen molar-refractivity contribution in [2.45, 2.75) is 122 Å². The summed E-state index contributed by atoms with van der Waals surface area (Å²) >= 11 is 0. The molecule has 0 aromatic carbocycles. The highest BCUT2D eigenvalue weighted by Gasteiger charge is 2.56. The van der Waals surface area contributed by atoms with Crippen LogP contribution in [0.5, 0.6) is 0 Å². The monoisotopic (exact) mass is 322 g/mol. The summed E-state index contributed by atoms with van der Waals surface area (Å²) in [5, 5.41) is 0. The first-order valence-electron chi connectivity index (χ1n) is 10.4. The number of hydrogen-bond acceptors (Lipinski definition) is 2. The van der Waals surface area contributed by atoms with Crippen molar-refractivity contribution in [2.24, 2.45) is 22.3 Å². The second-order valence-corrected chi connectivity index (χ2v) is 8.88. The Morgan fingerprint density at radius 3 is 1.17 bits per heavy atom. The molecule has 0 aliphatic heterocycles. The largest absolute Gasteiger partial charge is 0.325 e. The summed E-state index contributed by atoms with van der Waals surface area (Å²) in [6.07, 6.45) is 16.1. The van der Waals surface area contributed by atoms with Gasteiger partial charge >= 0.3 is 0 Å². The highest BCUT2D eigenvalue weighted by Crippen LogP contribution is 2.56. The Kier molecular flexibility index (Phi) is 5.89. The van der Waals surface area contributed by atoms with Crippen LogP contribution in [0.2, 0.25) is 0 Å². The molecule has 2 fully saturated rings. The van der Waals surface area contributed by atoms with Crippen molar-refractivity contribution >= 4 is 0 Å². The van der Waals surface area contributed by atoms with Crippen molar-refractivity contribution in [1.82, 2.24) is 0 Å². The van der Waals surface area contributed by atoms with E-state index in [4.69, 9.17) is 11.5 Å². The molecule has 2 aliphatic carbocycles. The van der Waals surface area contributed by atoms with E-state index in [0.29, 0.717) is 10.8 Å². The number of nitrogens with two attached hydrogens (primary N) is 2. The second kappa shape index (κ2) is 7.04. The van der Waals surface area contributed by atoms with Crippen LogP contribution < -0.4 is 11.5 Å². The molecule has 0 amide bonds. The van der Waals surface area contributed by atoms with E-state index in [0.717, 1.165) is 6.42 Å². The van der Waals surface area contributed by atoms with Crippen molar-refractivity contribution in [3.05, 3.63) is 0 Å². The van der Waals surface area contributed by atoms with Gasteiger partial charge in [0.2, 0.25) is 0 Å². The first kappa shape index (κ1) is 19.2. The van der Waals surface area contributed by atoms with Crippen molar-refractivity contribution in [3.8, 4) is 0 Å². The molecular formula is C21H42N2. The summed E-state index contributed by atoms with van der Waals surface area (Å²) < 4.78 is 0. The fourth-order valence-electron chi connectivity index (χ4n) is 6.57. The van der Waals surface area contributed by atoms with E-state index in [1.165, 1.54) is 77.0 Å². The lowest BCUT2D eigenvalue weighted by Crippen LogP contribution is -2.67. The summed E-state index contributed by atoms with van der Waals surface area (Å²) in [5.41, 5.74) is 14.9. The van der Waals surface area contributed by atoms with E-state index in [1.54, 1.807) is 0 Å². The fourth-order valence-corrected chi connectivity index (χ4v) is 6.57. The van der Waals surface area contributed by atoms with Gasteiger partial charge < -0.3 is 11.5 Å². The average Bonchev–Trinajstić information content (AvgIpc) is 2.56. The Hall–Kier alpha value is -0.0800. The third-order valence-electron chi connectivity index (χ3n) is 8.51. The van der Waals surface area contributed by atoms with Gasteiger partial charge in [-0.2, -0.15) is 0 Å². The third kappa shape index (κ3) is 2.99. The van der Waals surface area contributed by atoms with Crippen LogP contribution in [0, 0.1) is 10.8 Å². The van der Waals surface area contributed by atoms with Crippen molar-refractivity contribution in [2.75, 3.05) is 0 Å². The van der Waals surface area contributed by atoms with Gasteiger partial charge in [-0.15, -0.1) is 0 Å². The van der Waals surface area contributed by atoms with Gasteiger partial charge in [0.1, 0.15) is 0 Å². The standard InChI is InChI=1S/C21H42N2/c1-5-18(6-2)13-9-11-15-20(18,22)17-21(23)16-12-10-14-19(21,7-3)8-4/h5-17,22-23H2,1-4H3. The lowest BCUT2D eigenvalue weighted by Gasteiger charge is -2.60. The van der Waals surface area contributed by atoms with Gasteiger partial charge in [0.05, 0.1) is 0 Å².